The lowest BCUT2D eigenvalue weighted by atomic mass is 10.2. The summed E-state index contributed by atoms with van der Waals surface area (Å²) in [7, 11) is 1.52. The van der Waals surface area contributed by atoms with Crippen molar-refractivity contribution in [2.75, 3.05) is 19.2 Å². The summed E-state index contributed by atoms with van der Waals surface area (Å²) >= 11 is 0. The van der Waals surface area contributed by atoms with E-state index < -0.39 is 18.0 Å². The predicted octanol–water partition coefficient (Wildman–Crippen LogP) is 0.894. The number of esters is 1. The third kappa shape index (κ3) is 3.87. The minimum atomic E-state index is -0.992. The summed E-state index contributed by atoms with van der Waals surface area (Å²) in [5.41, 5.74) is 0.922. The zero-order chi connectivity index (χ0) is 18.0. The molecule has 1 N–H and O–H groups in total. The zero-order valence-electron chi connectivity index (χ0n) is 13.8. The second-order valence-electron chi connectivity index (χ2n) is 5.63. The van der Waals surface area contributed by atoms with Gasteiger partial charge in [-0.2, -0.15) is 5.10 Å². The first-order valence-corrected chi connectivity index (χ1v) is 7.65. The number of rotatable bonds is 5. The fourth-order valence-electron chi connectivity index (χ4n) is 2.37. The normalized spacial score (nSPS) is 16.5. The third-order valence-electron chi connectivity index (χ3n) is 3.67. The minimum Gasteiger partial charge on any atom is -0.454 e. The van der Waals surface area contributed by atoms with Gasteiger partial charge in [-0.15, -0.1) is 0 Å². The fourth-order valence-corrected chi connectivity index (χ4v) is 2.37. The molecule has 0 aliphatic carbocycles. The Morgan fingerprint density at radius 2 is 2.12 bits per heavy atom. The molecule has 0 fully saturated rings. The van der Waals surface area contributed by atoms with Gasteiger partial charge in [0.25, 0.3) is 5.91 Å². The van der Waals surface area contributed by atoms with Crippen LogP contribution in [0.3, 0.4) is 0 Å². The summed E-state index contributed by atoms with van der Waals surface area (Å²) in [6.07, 6.45) is -1.03. The molecule has 1 aromatic rings. The molecule has 25 heavy (non-hydrogen) atoms. The number of fused-ring (bicyclic) bond motifs is 1. The third-order valence-corrected chi connectivity index (χ3v) is 3.67. The van der Waals surface area contributed by atoms with Crippen molar-refractivity contribution in [1.29, 1.82) is 0 Å². The maximum absolute atomic E-state index is 12.1. The van der Waals surface area contributed by atoms with Crippen LogP contribution in [0.25, 0.3) is 0 Å². The molecule has 2 aliphatic heterocycles. The molecule has 9 heteroatoms. The van der Waals surface area contributed by atoms with Gasteiger partial charge in [-0.3, -0.25) is 14.4 Å². The van der Waals surface area contributed by atoms with Crippen LogP contribution in [0, 0.1) is 0 Å². The van der Waals surface area contributed by atoms with Crippen molar-refractivity contribution in [3.05, 3.63) is 18.2 Å². The molecule has 1 atom stereocenters. The number of ether oxygens (including phenoxy) is 3. The summed E-state index contributed by atoms with van der Waals surface area (Å²) in [6, 6.07) is 4.97. The summed E-state index contributed by atoms with van der Waals surface area (Å²) in [5.74, 6) is -0.134. The molecular formula is C16H17N3O6. The first kappa shape index (κ1) is 16.7. The molecule has 9 nitrogen and oxygen atoms in total. The highest BCUT2D eigenvalue weighted by Crippen LogP contribution is 2.34. The van der Waals surface area contributed by atoms with Gasteiger partial charge >= 0.3 is 5.97 Å². The van der Waals surface area contributed by atoms with Crippen LogP contribution in [0.4, 0.5) is 5.69 Å². The zero-order valence-corrected chi connectivity index (χ0v) is 13.8. The molecule has 132 valence electrons. The first-order valence-electron chi connectivity index (χ1n) is 7.65. The Morgan fingerprint density at radius 1 is 1.36 bits per heavy atom. The van der Waals surface area contributed by atoms with Gasteiger partial charge in [-0.25, -0.2) is 5.01 Å². The Bertz CT molecular complexity index is 760. The molecular weight excluding hydrogens is 330 g/mol. The van der Waals surface area contributed by atoms with Crippen molar-refractivity contribution in [2.45, 2.75) is 25.9 Å². The molecule has 0 saturated heterocycles. The van der Waals surface area contributed by atoms with Gasteiger partial charge < -0.3 is 19.5 Å². The maximum Gasteiger partial charge on any atom is 0.312 e. The molecule has 0 radical (unpaired) electrons. The van der Waals surface area contributed by atoms with Crippen LogP contribution < -0.4 is 14.8 Å². The molecule has 2 heterocycles. The summed E-state index contributed by atoms with van der Waals surface area (Å²) < 4.78 is 15.5. The average Bonchev–Trinajstić information content (AvgIpc) is 3.13. The van der Waals surface area contributed by atoms with Crippen LogP contribution in [0.2, 0.25) is 0 Å². The highest BCUT2D eigenvalue weighted by molar-refractivity contribution is 6.11. The van der Waals surface area contributed by atoms with E-state index in [-0.39, 0.29) is 25.5 Å². The first-order chi connectivity index (χ1) is 11.9. The van der Waals surface area contributed by atoms with Gasteiger partial charge in [0.1, 0.15) is 0 Å². The highest BCUT2D eigenvalue weighted by Gasteiger charge is 2.25. The average molecular weight is 347 g/mol. The van der Waals surface area contributed by atoms with E-state index in [4.69, 9.17) is 14.2 Å². The van der Waals surface area contributed by atoms with Crippen molar-refractivity contribution in [3.63, 3.8) is 0 Å². The van der Waals surface area contributed by atoms with E-state index in [0.717, 1.165) is 0 Å². The van der Waals surface area contributed by atoms with Crippen molar-refractivity contribution in [1.82, 2.24) is 5.01 Å². The topological polar surface area (TPSA) is 107 Å². The molecule has 1 aromatic carbocycles. The van der Waals surface area contributed by atoms with Gasteiger partial charge in [0.05, 0.1) is 18.6 Å². The number of amides is 2. The van der Waals surface area contributed by atoms with Crippen molar-refractivity contribution >= 4 is 29.2 Å². The molecule has 0 bridgehead atoms. The standard InChI is InChI=1S/C16H17N3O6/c1-9(25-15(21)7-11-6-14(20)19(2)18-11)16(22)17-10-3-4-12-13(5-10)24-8-23-12/h3-5,9H,6-8H2,1-2H3,(H,17,22). The van der Waals surface area contributed by atoms with E-state index in [2.05, 4.69) is 10.4 Å². The number of benzene rings is 1. The molecule has 0 spiro atoms. The smallest absolute Gasteiger partial charge is 0.312 e. The Balaban J connectivity index is 1.51. The summed E-state index contributed by atoms with van der Waals surface area (Å²) in [5, 5.41) is 7.76. The number of nitrogens with one attached hydrogen (secondary N) is 1. The minimum absolute atomic E-state index is 0.0867. The van der Waals surface area contributed by atoms with Gasteiger partial charge in [-0.05, 0) is 19.1 Å². The number of carbonyl (C=O) groups is 3. The second kappa shape index (κ2) is 6.80. The Labute approximate surface area is 143 Å². The van der Waals surface area contributed by atoms with Crippen molar-refractivity contribution in [2.24, 2.45) is 5.10 Å². The predicted molar refractivity (Wildman–Crippen MR) is 86.2 cm³/mol. The van der Waals surface area contributed by atoms with Crippen LogP contribution in [0.1, 0.15) is 19.8 Å². The number of hydrazone groups is 1. The van der Waals surface area contributed by atoms with Crippen LogP contribution in [0.5, 0.6) is 11.5 Å². The summed E-state index contributed by atoms with van der Waals surface area (Å²) in [4.78, 5) is 35.4. The van der Waals surface area contributed by atoms with E-state index in [1.165, 1.54) is 19.0 Å². The highest BCUT2D eigenvalue weighted by atomic mass is 16.7. The van der Waals surface area contributed by atoms with E-state index in [0.29, 0.717) is 22.9 Å². The van der Waals surface area contributed by atoms with Gasteiger partial charge in [0.15, 0.2) is 17.6 Å². The lowest BCUT2D eigenvalue weighted by Gasteiger charge is -2.13. The Morgan fingerprint density at radius 3 is 2.84 bits per heavy atom. The fraction of sp³-hybridized carbons (Fsp3) is 0.375. The molecule has 1 unspecified atom stereocenters. The lowest BCUT2D eigenvalue weighted by Crippen LogP contribution is -2.30. The molecule has 0 saturated carbocycles. The quantitative estimate of drug-likeness (QED) is 0.793. The molecule has 2 aliphatic rings. The van der Waals surface area contributed by atoms with Gasteiger partial charge in [0, 0.05) is 18.8 Å². The Hall–Kier alpha value is -3.10. The lowest BCUT2D eigenvalue weighted by molar-refractivity contribution is -0.151. The second-order valence-corrected chi connectivity index (χ2v) is 5.63. The largest absolute Gasteiger partial charge is 0.454 e. The van der Waals surface area contributed by atoms with Gasteiger partial charge in [-0.1, -0.05) is 0 Å². The van der Waals surface area contributed by atoms with Crippen LogP contribution in [-0.4, -0.2) is 48.4 Å². The molecule has 3 rings (SSSR count). The summed E-state index contributed by atoms with van der Waals surface area (Å²) in [6.45, 7) is 1.61. The number of anilines is 1. The Kier molecular flexibility index (Phi) is 4.55. The van der Waals surface area contributed by atoms with E-state index in [1.54, 1.807) is 18.2 Å². The van der Waals surface area contributed by atoms with E-state index in [1.807, 2.05) is 0 Å². The van der Waals surface area contributed by atoms with Crippen molar-refractivity contribution in [3.8, 4) is 11.5 Å². The van der Waals surface area contributed by atoms with Gasteiger partial charge in [0.2, 0.25) is 12.7 Å². The monoisotopic (exact) mass is 347 g/mol. The van der Waals surface area contributed by atoms with Crippen LogP contribution in [-0.2, 0) is 19.1 Å². The number of hydrogen-bond donors (Lipinski definition) is 1. The van der Waals surface area contributed by atoms with E-state index in [9.17, 15) is 14.4 Å². The van der Waals surface area contributed by atoms with Crippen LogP contribution >= 0.6 is 0 Å². The number of hydrogen-bond acceptors (Lipinski definition) is 7. The number of nitrogens with zero attached hydrogens (tertiary/aromatic N) is 2. The molecule has 0 aromatic heterocycles. The van der Waals surface area contributed by atoms with Crippen LogP contribution in [0.15, 0.2) is 23.3 Å². The van der Waals surface area contributed by atoms with Crippen molar-refractivity contribution < 1.29 is 28.6 Å². The van der Waals surface area contributed by atoms with E-state index >= 15 is 0 Å². The number of carbonyl (C=O) groups excluding carboxylic acids is 3. The maximum atomic E-state index is 12.1. The SMILES string of the molecule is CC(OC(=O)CC1=NN(C)C(=O)C1)C(=O)Nc1ccc2c(c1)OCO2. The molecule has 2 amide bonds.